The average Bonchev–Trinajstić information content (AvgIpc) is 2.61. The van der Waals surface area contributed by atoms with Crippen molar-refractivity contribution in [1.82, 2.24) is 4.90 Å². The summed E-state index contributed by atoms with van der Waals surface area (Å²) in [5, 5.41) is 0. The minimum absolute atomic E-state index is 0.0508. The summed E-state index contributed by atoms with van der Waals surface area (Å²) in [6.07, 6.45) is 0. The van der Waals surface area contributed by atoms with Crippen LogP contribution in [-0.4, -0.2) is 37.9 Å². The highest BCUT2D eigenvalue weighted by Gasteiger charge is 2.28. The van der Waals surface area contributed by atoms with Crippen molar-refractivity contribution < 1.29 is 13.9 Å². The lowest BCUT2D eigenvalue weighted by molar-refractivity contribution is -0.130. The molecule has 0 radical (unpaired) electrons. The highest BCUT2D eigenvalue weighted by molar-refractivity contribution is 5.84. The Balaban J connectivity index is 2.14. The predicted octanol–water partition coefficient (Wildman–Crippen LogP) is 1.04. The molecule has 4 nitrogen and oxygen atoms in total. The second kappa shape index (κ2) is 4.49. The van der Waals surface area contributed by atoms with Gasteiger partial charge in [-0.1, -0.05) is 12.1 Å². The third kappa shape index (κ3) is 1.99. The fraction of sp³-hybridized carbons (Fsp3) is 0.364. The monoisotopic (exact) mass is 224 g/mol. The van der Waals surface area contributed by atoms with Crippen LogP contribution in [0.25, 0.3) is 0 Å². The molecule has 0 atom stereocenters. The molecule has 86 valence electrons. The SMILES string of the molecule is COCN1CN(c2ccccc2F)CC1=O. The number of carbonyl (C=O) groups excluding carboxylic acids is 1. The molecule has 0 aliphatic carbocycles. The van der Waals surface area contributed by atoms with E-state index in [9.17, 15) is 9.18 Å². The molecule has 1 saturated heterocycles. The summed E-state index contributed by atoms with van der Waals surface area (Å²) in [4.78, 5) is 14.8. The van der Waals surface area contributed by atoms with Crippen molar-refractivity contribution in [3.63, 3.8) is 0 Å². The number of nitrogens with zero attached hydrogens (tertiary/aromatic N) is 2. The van der Waals surface area contributed by atoms with Crippen LogP contribution < -0.4 is 4.90 Å². The maximum Gasteiger partial charge on any atom is 0.245 e. The van der Waals surface area contributed by atoms with Gasteiger partial charge in [0.25, 0.3) is 0 Å². The van der Waals surface area contributed by atoms with E-state index in [2.05, 4.69) is 0 Å². The van der Waals surface area contributed by atoms with Crippen molar-refractivity contribution in [3.05, 3.63) is 30.1 Å². The number of hydrogen-bond donors (Lipinski definition) is 0. The Morgan fingerprint density at radius 2 is 2.19 bits per heavy atom. The van der Waals surface area contributed by atoms with E-state index in [1.165, 1.54) is 18.1 Å². The summed E-state index contributed by atoms with van der Waals surface area (Å²) in [6, 6.07) is 6.43. The first-order valence-electron chi connectivity index (χ1n) is 4.98. The van der Waals surface area contributed by atoms with Gasteiger partial charge >= 0.3 is 0 Å². The summed E-state index contributed by atoms with van der Waals surface area (Å²) in [6.45, 7) is 0.807. The lowest BCUT2D eigenvalue weighted by Gasteiger charge is -2.19. The van der Waals surface area contributed by atoms with Crippen molar-refractivity contribution in [1.29, 1.82) is 0 Å². The normalized spacial score (nSPS) is 16.0. The van der Waals surface area contributed by atoms with Gasteiger partial charge in [-0.2, -0.15) is 0 Å². The smallest absolute Gasteiger partial charge is 0.245 e. The molecule has 1 aromatic rings. The number of halogens is 1. The summed E-state index contributed by atoms with van der Waals surface area (Å²) in [5.41, 5.74) is 0.453. The lowest BCUT2D eigenvalue weighted by Crippen LogP contribution is -2.29. The van der Waals surface area contributed by atoms with E-state index in [0.717, 1.165) is 0 Å². The molecule has 1 fully saturated rings. The molecule has 0 spiro atoms. The minimum Gasteiger partial charge on any atom is -0.364 e. The van der Waals surface area contributed by atoms with Crippen LogP contribution in [0.2, 0.25) is 0 Å². The molecule has 5 heteroatoms. The van der Waals surface area contributed by atoms with E-state index in [0.29, 0.717) is 12.4 Å². The van der Waals surface area contributed by atoms with Gasteiger partial charge in [-0.15, -0.1) is 0 Å². The number of benzene rings is 1. The van der Waals surface area contributed by atoms with Gasteiger partial charge in [0.15, 0.2) is 0 Å². The maximum atomic E-state index is 13.5. The summed E-state index contributed by atoms with van der Waals surface area (Å²) >= 11 is 0. The number of para-hydroxylation sites is 1. The Kier molecular flexibility index (Phi) is 3.05. The molecule has 1 aliphatic heterocycles. The van der Waals surface area contributed by atoms with Crippen LogP contribution in [0.5, 0.6) is 0 Å². The molecule has 16 heavy (non-hydrogen) atoms. The van der Waals surface area contributed by atoms with Crippen LogP contribution in [0.1, 0.15) is 0 Å². The Morgan fingerprint density at radius 3 is 2.88 bits per heavy atom. The summed E-state index contributed by atoms with van der Waals surface area (Å²) in [7, 11) is 1.53. The second-order valence-electron chi connectivity index (χ2n) is 3.64. The van der Waals surface area contributed by atoms with Gasteiger partial charge in [-0.3, -0.25) is 4.79 Å². The topological polar surface area (TPSA) is 32.8 Å². The third-order valence-corrected chi connectivity index (χ3v) is 2.50. The van der Waals surface area contributed by atoms with Crippen molar-refractivity contribution in [3.8, 4) is 0 Å². The van der Waals surface area contributed by atoms with Crippen molar-refractivity contribution in [2.75, 3.05) is 32.0 Å². The zero-order valence-corrected chi connectivity index (χ0v) is 9.02. The van der Waals surface area contributed by atoms with E-state index in [1.54, 1.807) is 23.1 Å². The van der Waals surface area contributed by atoms with Crippen molar-refractivity contribution in [2.45, 2.75) is 0 Å². The third-order valence-electron chi connectivity index (χ3n) is 2.50. The lowest BCUT2D eigenvalue weighted by atomic mass is 10.3. The van der Waals surface area contributed by atoms with Gasteiger partial charge in [-0.05, 0) is 12.1 Å². The van der Waals surface area contributed by atoms with E-state index < -0.39 is 0 Å². The molecule has 0 N–H and O–H groups in total. The first kappa shape index (κ1) is 10.9. The number of ether oxygens (including phenoxy) is 1. The molecule has 2 rings (SSSR count). The number of carbonyl (C=O) groups is 1. The van der Waals surface area contributed by atoms with Gasteiger partial charge < -0.3 is 14.5 Å². The van der Waals surface area contributed by atoms with Crippen molar-refractivity contribution in [2.24, 2.45) is 0 Å². The van der Waals surface area contributed by atoms with Gasteiger partial charge in [0.2, 0.25) is 5.91 Å². The Labute approximate surface area is 93.2 Å². The zero-order chi connectivity index (χ0) is 11.5. The summed E-state index contributed by atoms with van der Waals surface area (Å²) in [5.74, 6) is -0.361. The van der Waals surface area contributed by atoms with Crippen LogP contribution in [-0.2, 0) is 9.53 Å². The molecular formula is C11H13FN2O2. The minimum atomic E-state index is -0.311. The van der Waals surface area contributed by atoms with E-state index in [4.69, 9.17) is 4.74 Å². The Bertz CT molecular complexity index is 397. The fourth-order valence-electron chi connectivity index (χ4n) is 1.74. The molecule has 0 saturated carbocycles. The number of amides is 1. The standard InChI is InChI=1S/C11H13FN2O2/c1-16-8-14-7-13(6-11(14)15)10-5-3-2-4-9(10)12/h2-5H,6-8H2,1H3. The Hall–Kier alpha value is -1.62. The highest BCUT2D eigenvalue weighted by atomic mass is 19.1. The van der Waals surface area contributed by atoms with Crippen LogP contribution in [0.4, 0.5) is 10.1 Å². The van der Waals surface area contributed by atoms with Crippen LogP contribution in [0.15, 0.2) is 24.3 Å². The van der Waals surface area contributed by atoms with Gasteiger partial charge in [0.1, 0.15) is 12.5 Å². The van der Waals surface area contributed by atoms with Gasteiger partial charge in [-0.25, -0.2) is 4.39 Å². The Morgan fingerprint density at radius 1 is 1.44 bits per heavy atom. The zero-order valence-electron chi connectivity index (χ0n) is 9.02. The largest absolute Gasteiger partial charge is 0.364 e. The number of anilines is 1. The highest BCUT2D eigenvalue weighted by Crippen LogP contribution is 2.21. The first-order valence-corrected chi connectivity index (χ1v) is 4.98. The number of rotatable bonds is 3. The van der Waals surface area contributed by atoms with Gasteiger partial charge in [0.05, 0.1) is 18.9 Å². The number of hydrogen-bond acceptors (Lipinski definition) is 3. The van der Waals surface area contributed by atoms with Crippen molar-refractivity contribution >= 4 is 11.6 Å². The average molecular weight is 224 g/mol. The van der Waals surface area contributed by atoms with E-state index >= 15 is 0 Å². The molecule has 0 bridgehead atoms. The molecule has 0 aromatic heterocycles. The van der Waals surface area contributed by atoms with Crippen LogP contribution >= 0.6 is 0 Å². The summed E-state index contributed by atoms with van der Waals surface area (Å²) < 4.78 is 18.4. The molecular weight excluding hydrogens is 211 g/mol. The quantitative estimate of drug-likeness (QED) is 0.769. The van der Waals surface area contributed by atoms with Gasteiger partial charge in [0, 0.05) is 7.11 Å². The molecule has 1 heterocycles. The van der Waals surface area contributed by atoms with Crippen LogP contribution in [0, 0.1) is 5.82 Å². The molecule has 1 aromatic carbocycles. The predicted molar refractivity (Wildman–Crippen MR) is 57.3 cm³/mol. The molecule has 1 aliphatic rings. The number of methoxy groups -OCH3 is 1. The molecule has 0 unspecified atom stereocenters. The van der Waals surface area contributed by atoms with E-state index in [1.807, 2.05) is 0 Å². The maximum absolute atomic E-state index is 13.5. The fourth-order valence-corrected chi connectivity index (χ4v) is 1.74. The molecule has 1 amide bonds. The first-order chi connectivity index (χ1) is 7.72. The van der Waals surface area contributed by atoms with Crippen LogP contribution in [0.3, 0.4) is 0 Å². The second-order valence-corrected chi connectivity index (χ2v) is 3.64. The van der Waals surface area contributed by atoms with E-state index in [-0.39, 0.29) is 25.0 Å².